The number of hydrogen-bond donors (Lipinski definition) is 2. The van der Waals surface area contributed by atoms with Gasteiger partial charge in [0.2, 0.25) is 10.0 Å². The van der Waals surface area contributed by atoms with E-state index < -0.39 is 16.1 Å². The maximum atomic E-state index is 12.2. The first-order valence-corrected chi connectivity index (χ1v) is 7.34. The third-order valence-corrected chi connectivity index (χ3v) is 4.60. The SMILES string of the molecule is Cc1nn(C)c(C)c1S(=O)(=O)NC(C)CC(C)O. The van der Waals surface area contributed by atoms with Gasteiger partial charge in [-0.25, -0.2) is 13.1 Å². The molecule has 0 radical (unpaired) electrons. The van der Waals surface area contributed by atoms with Crippen molar-refractivity contribution in [3.63, 3.8) is 0 Å². The molecule has 1 aromatic rings. The molecule has 0 aliphatic rings. The van der Waals surface area contributed by atoms with Crippen molar-refractivity contribution in [2.75, 3.05) is 0 Å². The highest BCUT2D eigenvalue weighted by Crippen LogP contribution is 2.19. The van der Waals surface area contributed by atoms with Crippen LogP contribution in [0.5, 0.6) is 0 Å². The second kappa shape index (κ2) is 5.38. The van der Waals surface area contributed by atoms with E-state index in [1.54, 1.807) is 39.4 Å². The molecule has 0 aliphatic carbocycles. The molecule has 104 valence electrons. The van der Waals surface area contributed by atoms with Crippen LogP contribution in [-0.4, -0.2) is 35.5 Å². The van der Waals surface area contributed by atoms with Gasteiger partial charge in [-0.3, -0.25) is 4.68 Å². The van der Waals surface area contributed by atoms with Crippen LogP contribution in [0, 0.1) is 13.8 Å². The molecule has 0 saturated heterocycles. The maximum absolute atomic E-state index is 12.2. The molecule has 0 aliphatic heterocycles. The fourth-order valence-corrected chi connectivity index (χ4v) is 3.72. The lowest BCUT2D eigenvalue weighted by molar-refractivity contribution is 0.175. The Bertz CT molecular complexity index is 520. The number of aromatic nitrogens is 2. The Labute approximate surface area is 108 Å². The summed E-state index contributed by atoms with van der Waals surface area (Å²) in [6, 6.07) is -0.325. The molecule has 0 amide bonds. The second-order valence-corrected chi connectivity index (χ2v) is 6.38. The first-order valence-electron chi connectivity index (χ1n) is 5.85. The molecule has 1 rings (SSSR count). The van der Waals surface area contributed by atoms with E-state index in [4.69, 9.17) is 0 Å². The van der Waals surface area contributed by atoms with Crippen molar-refractivity contribution >= 4 is 10.0 Å². The zero-order valence-corrected chi connectivity index (χ0v) is 12.2. The molecule has 2 unspecified atom stereocenters. The molecule has 0 spiro atoms. The van der Waals surface area contributed by atoms with Crippen molar-refractivity contribution in [2.45, 2.75) is 51.2 Å². The molecule has 0 bridgehead atoms. The van der Waals surface area contributed by atoms with Crippen molar-refractivity contribution in [2.24, 2.45) is 7.05 Å². The predicted octanol–water partition coefficient (Wildman–Crippen LogP) is 0.475. The molecule has 6 nitrogen and oxygen atoms in total. The molecule has 1 heterocycles. The molecule has 0 saturated carbocycles. The molecule has 0 fully saturated rings. The summed E-state index contributed by atoms with van der Waals surface area (Å²) < 4.78 is 28.6. The topological polar surface area (TPSA) is 84.2 Å². The Balaban J connectivity index is 3.00. The standard InChI is InChI=1S/C11H21N3O3S/c1-7(6-8(2)15)13-18(16,17)11-9(3)12-14(5)10(11)4/h7-8,13,15H,6H2,1-5H3. The summed E-state index contributed by atoms with van der Waals surface area (Å²) in [6.07, 6.45) is -0.170. The quantitative estimate of drug-likeness (QED) is 0.818. The van der Waals surface area contributed by atoms with Gasteiger partial charge in [-0.2, -0.15) is 5.10 Å². The van der Waals surface area contributed by atoms with Gasteiger partial charge < -0.3 is 5.11 Å². The minimum atomic E-state index is -3.59. The van der Waals surface area contributed by atoms with E-state index in [2.05, 4.69) is 9.82 Å². The fraction of sp³-hybridized carbons (Fsp3) is 0.727. The predicted molar refractivity (Wildman–Crippen MR) is 68.8 cm³/mol. The number of aryl methyl sites for hydroxylation is 2. The van der Waals surface area contributed by atoms with Crippen LogP contribution < -0.4 is 4.72 Å². The summed E-state index contributed by atoms with van der Waals surface area (Å²) in [4.78, 5) is 0.224. The average Bonchev–Trinajstić information content (AvgIpc) is 2.37. The molecule has 1 aromatic heterocycles. The van der Waals surface area contributed by atoms with E-state index in [0.717, 1.165) is 0 Å². The third-order valence-electron chi connectivity index (χ3n) is 2.76. The van der Waals surface area contributed by atoms with Gasteiger partial charge in [-0.15, -0.1) is 0 Å². The summed E-state index contributed by atoms with van der Waals surface area (Å²) in [5.41, 5.74) is 1.08. The number of nitrogens with one attached hydrogen (secondary N) is 1. The second-order valence-electron chi connectivity index (χ2n) is 4.73. The lowest BCUT2D eigenvalue weighted by Gasteiger charge is -2.15. The average molecular weight is 275 g/mol. The lowest BCUT2D eigenvalue weighted by Crippen LogP contribution is -2.35. The van der Waals surface area contributed by atoms with Crippen LogP contribution in [0.2, 0.25) is 0 Å². The fourth-order valence-electron chi connectivity index (χ4n) is 2.03. The Hall–Kier alpha value is -0.920. The van der Waals surface area contributed by atoms with Crippen LogP contribution in [0.25, 0.3) is 0 Å². The zero-order valence-electron chi connectivity index (χ0n) is 11.4. The molecule has 7 heteroatoms. The van der Waals surface area contributed by atoms with Crippen molar-refractivity contribution in [1.82, 2.24) is 14.5 Å². The third kappa shape index (κ3) is 3.30. The maximum Gasteiger partial charge on any atom is 0.244 e. The van der Waals surface area contributed by atoms with Gasteiger partial charge >= 0.3 is 0 Å². The van der Waals surface area contributed by atoms with Gasteiger partial charge in [0.1, 0.15) is 4.90 Å². The highest BCUT2D eigenvalue weighted by molar-refractivity contribution is 7.89. The zero-order chi connectivity index (χ0) is 14.1. The summed E-state index contributed by atoms with van der Waals surface area (Å²) in [7, 11) is -1.88. The van der Waals surface area contributed by atoms with Crippen molar-refractivity contribution in [3.05, 3.63) is 11.4 Å². The Morgan fingerprint density at radius 3 is 2.33 bits per heavy atom. The van der Waals surface area contributed by atoms with E-state index >= 15 is 0 Å². The van der Waals surface area contributed by atoms with Crippen LogP contribution in [0.1, 0.15) is 31.7 Å². The number of nitrogens with zero attached hydrogens (tertiary/aromatic N) is 2. The van der Waals surface area contributed by atoms with Gasteiger partial charge in [0, 0.05) is 13.1 Å². The largest absolute Gasteiger partial charge is 0.393 e. The van der Waals surface area contributed by atoms with E-state index in [9.17, 15) is 13.5 Å². The van der Waals surface area contributed by atoms with Crippen LogP contribution in [0.4, 0.5) is 0 Å². The van der Waals surface area contributed by atoms with Crippen LogP contribution >= 0.6 is 0 Å². The van der Waals surface area contributed by atoms with E-state index in [1.165, 1.54) is 0 Å². The Morgan fingerprint density at radius 1 is 1.39 bits per heavy atom. The summed E-state index contributed by atoms with van der Waals surface area (Å²) in [5.74, 6) is 0. The van der Waals surface area contributed by atoms with E-state index in [0.29, 0.717) is 17.8 Å². The van der Waals surface area contributed by atoms with Gasteiger partial charge in [-0.1, -0.05) is 0 Å². The highest BCUT2D eigenvalue weighted by Gasteiger charge is 2.25. The van der Waals surface area contributed by atoms with Crippen molar-refractivity contribution in [3.8, 4) is 0 Å². The number of aliphatic hydroxyl groups excluding tert-OH is 1. The molecule has 2 atom stereocenters. The van der Waals surface area contributed by atoms with Crippen LogP contribution in [-0.2, 0) is 17.1 Å². The first kappa shape index (κ1) is 15.1. The summed E-state index contributed by atoms with van der Waals surface area (Å²) >= 11 is 0. The Kier molecular flexibility index (Phi) is 4.52. The van der Waals surface area contributed by atoms with Crippen LogP contribution in [0.15, 0.2) is 4.90 Å². The van der Waals surface area contributed by atoms with Gasteiger partial charge in [0.25, 0.3) is 0 Å². The summed E-state index contributed by atoms with van der Waals surface area (Å²) in [5, 5.41) is 13.3. The smallest absolute Gasteiger partial charge is 0.244 e. The number of hydrogen-bond acceptors (Lipinski definition) is 4. The van der Waals surface area contributed by atoms with Crippen molar-refractivity contribution < 1.29 is 13.5 Å². The minimum absolute atomic E-state index is 0.224. The molecule has 2 N–H and O–H groups in total. The van der Waals surface area contributed by atoms with Crippen LogP contribution in [0.3, 0.4) is 0 Å². The number of rotatable bonds is 5. The van der Waals surface area contributed by atoms with E-state index in [1.807, 2.05) is 0 Å². The molecular formula is C11H21N3O3S. The number of aliphatic hydroxyl groups is 1. The summed E-state index contributed by atoms with van der Waals surface area (Å²) in [6.45, 7) is 6.74. The molecule has 18 heavy (non-hydrogen) atoms. The van der Waals surface area contributed by atoms with E-state index in [-0.39, 0.29) is 10.9 Å². The number of sulfonamides is 1. The Morgan fingerprint density at radius 2 is 1.94 bits per heavy atom. The van der Waals surface area contributed by atoms with Gasteiger partial charge in [-0.05, 0) is 34.1 Å². The highest BCUT2D eigenvalue weighted by atomic mass is 32.2. The first-order chi connectivity index (χ1) is 8.15. The monoisotopic (exact) mass is 275 g/mol. The van der Waals surface area contributed by atoms with Gasteiger partial charge in [0.05, 0.1) is 17.5 Å². The molecular weight excluding hydrogens is 254 g/mol. The lowest BCUT2D eigenvalue weighted by atomic mass is 10.2. The molecule has 0 aromatic carbocycles. The minimum Gasteiger partial charge on any atom is -0.393 e. The van der Waals surface area contributed by atoms with Crippen molar-refractivity contribution in [1.29, 1.82) is 0 Å². The normalized spacial score (nSPS) is 15.7. The van der Waals surface area contributed by atoms with Gasteiger partial charge in [0.15, 0.2) is 0 Å².